The average molecular weight is 296 g/mol. The van der Waals surface area contributed by atoms with Gasteiger partial charge in [0.05, 0.1) is 0 Å². The maximum absolute atomic E-state index is 10.4. The summed E-state index contributed by atoms with van der Waals surface area (Å²) in [4.78, 5) is 20.7. The summed E-state index contributed by atoms with van der Waals surface area (Å²) in [6.07, 6.45) is 0. The fraction of sp³-hybridized carbons (Fsp3) is 0.600. The Labute approximate surface area is 60.6 Å². The van der Waals surface area contributed by atoms with Crippen molar-refractivity contribution in [1.29, 1.82) is 0 Å². The fourth-order valence-electron chi connectivity index (χ4n) is 0.286. The first-order valence-corrected chi connectivity index (χ1v) is 3.41. The van der Waals surface area contributed by atoms with E-state index in [-0.39, 0.29) is 11.6 Å². The van der Waals surface area contributed by atoms with E-state index < -0.39 is 4.14 Å². The summed E-state index contributed by atoms with van der Waals surface area (Å²) >= 11 is 2.00. The summed E-state index contributed by atoms with van der Waals surface area (Å²) in [5.74, 6) is -0.165. The van der Waals surface area contributed by atoms with E-state index in [0.717, 1.165) is 0 Å². The molecule has 0 bridgehead atoms. The Hall–Kier alpha value is 0.0803. The van der Waals surface area contributed by atoms with Crippen LogP contribution in [0.3, 0.4) is 0 Å². The van der Waals surface area contributed by atoms with Crippen LogP contribution < -0.4 is 0 Å². The number of Topliss-reactive ketones (excluding diaryl/α,β-unsaturated/α-hetero) is 2. The molecule has 0 spiro atoms. The molecule has 0 amide bonds. The molecule has 0 aromatic heterocycles. The van der Waals surface area contributed by atoms with E-state index in [0.29, 0.717) is 0 Å². The molecule has 0 radical (unpaired) electrons. The molecule has 0 rings (SSSR count). The number of hydrogen-bond acceptors (Lipinski definition) is 2. The Morgan fingerprint density at radius 2 is 1.50 bits per heavy atom. The number of carbonyl (C=O) groups is 2. The van der Waals surface area contributed by atoms with E-state index in [1.165, 1.54) is 13.8 Å². The molecule has 0 atom stereocenters. The van der Waals surface area contributed by atoms with Crippen molar-refractivity contribution in [2.75, 3.05) is 0 Å². The zero-order valence-corrected chi connectivity index (χ0v) is 6.86. The standard InChI is InChI=1S/C5H7O2.Au/c1-4(6)3-5(2)7;/h3H,1-2H3;. The van der Waals surface area contributed by atoms with E-state index >= 15 is 0 Å². The summed E-state index contributed by atoms with van der Waals surface area (Å²) in [6.45, 7) is 2.82. The van der Waals surface area contributed by atoms with Gasteiger partial charge in [0, 0.05) is 0 Å². The number of ketones is 2. The van der Waals surface area contributed by atoms with Gasteiger partial charge in [0.1, 0.15) is 0 Å². The van der Waals surface area contributed by atoms with Crippen LogP contribution in [0.5, 0.6) is 0 Å². The van der Waals surface area contributed by atoms with Crippen molar-refractivity contribution in [3.63, 3.8) is 0 Å². The first kappa shape index (κ1) is 8.08. The maximum atomic E-state index is 10.4. The molecule has 0 heterocycles. The third kappa shape index (κ3) is 2.40. The molecule has 0 aliphatic heterocycles. The minimum atomic E-state index is -0.463. The van der Waals surface area contributed by atoms with Crippen LogP contribution in [-0.4, -0.2) is 11.6 Å². The number of carbonyl (C=O) groups excluding carboxylic acids is 2. The van der Waals surface area contributed by atoms with Crippen molar-refractivity contribution < 1.29 is 30.7 Å². The van der Waals surface area contributed by atoms with Gasteiger partial charge < -0.3 is 0 Å². The van der Waals surface area contributed by atoms with Crippen LogP contribution in [0.4, 0.5) is 0 Å². The van der Waals surface area contributed by atoms with Crippen molar-refractivity contribution in [3.8, 4) is 0 Å². The van der Waals surface area contributed by atoms with Crippen molar-refractivity contribution in [1.82, 2.24) is 0 Å². The van der Waals surface area contributed by atoms with Gasteiger partial charge in [0.2, 0.25) is 0 Å². The summed E-state index contributed by atoms with van der Waals surface area (Å²) in [7, 11) is 0. The quantitative estimate of drug-likeness (QED) is 0.549. The first-order valence-electron chi connectivity index (χ1n) is 2.16. The molecule has 0 aromatic rings. The van der Waals surface area contributed by atoms with Crippen molar-refractivity contribution in [3.05, 3.63) is 0 Å². The van der Waals surface area contributed by atoms with Crippen LogP contribution in [0.2, 0.25) is 4.14 Å². The molecule has 0 aromatic carbocycles. The van der Waals surface area contributed by atoms with Gasteiger partial charge in [-0.1, -0.05) is 0 Å². The van der Waals surface area contributed by atoms with Gasteiger partial charge >= 0.3 is 60.2 Å². The topological polar surface area (TPSA) is 34.1 Å². The van der Waals surface area contributed by atoms with Gasteiger partial charge in [-0.2, -0.15) is 0 Å². The normalized spacial score (nSPS) is 9.62. The molecule has 0 unspecified atom stereocenters. The third-order valence-electron chi connectivity index (χ3n) is 0.652. The van der Waals surface area contributed by atoms with Crippen LogP contribution in [0.1, 0.15) is 13.8 Å². The van der Waals surface area contributed by atoms with Crippen LogP contribution in [0.25, 0.3) is 0 Å². The van der Waals surface area contributed by atoms with Gasteiger partial charge in [0.25, 0.3) is 0 Å². The second-order valence-corrected chi connectivity index (χ2v) is 2.79. The molecule has 0 aliphatic rings. The Balaban J connectivity index is 3.83. The minimum absolute atomic E-state index is 0.0826. The van der Waals surface area contributed by atoms with Crippen molar-refractivity contribution in [2.45, 2.75) is 18.0 Å². The van der Waals surface area contributed by atoms with E-state index in [9.17, 15) is 9.59 Å². The monoisotopic (exact) mass is 296 g/mol. The Kier molecular flexibility index (Phi) is 3.21. The molecule has 0 fully saturated rings. The molecular formula is C5H7AuO2. The molecule has 0 N–H and O–H groups in total. The van der Waals surface area contributed by atoms with Crippen LogP contribution >= 0.6 is 0 Å². The zero-order valence-electron chi connectivity index (χ0n) is 4.70. The van der Waals surface area contributed by atoms with Crippen LogP contribution in [0.15, 0.2) is 0 Å². The molecule has 0 saturated carbocycles. The van der Waals surface area contributed by atoms with Gasteiger partial charge in [0.15, 0.2) is 0 Å². The summed E-state index contributed by atoms with van der Waals surface area (Å²) in [5.41, 5.74) is 0. The molecule has 8 heavy (non-hydrogen) atoms. The third-order valence-corrected chi connectivity index (χ3v) is 2.41. The Morgan fingerprint density at radius 3 is 1.50 bits per heavy atom. The fourth-order valence-corrected chi connectivity index (χ4v) is 0.286. The Morgan fingerprint density at radius 1 is 1.25 bits per heavy atom. The predicted molar refractivity (Wildman–Crippen MR) is 25.1 cm³/mol. The van der Waals surface area contributed by atoms with E-state index in [1.807, 2.05) is 21.1 Å². The van der Waals surface area contributed by atoms with Gasteiger partial charge in [-0.3, -0.25) is 0 Å². The summed E-state index contributed by atoms with van der Waals surface area (Å²) in [5, 5.41) is 0. The van der Waals surface area contributed by atoms with Crippen molar-refractivity contribution >= 4 is 11.6 Å². The summed E-state index contributed by atoms with van der Waals surface area (Å²) < 4.78 is -0.463. The molecule has 50 valence electrons. The SMILES string of the molecule is CC(=O)[CH]([Au])C(C)=O. The molecule has 0 aliphatic carbocycles. The van der Waals surface area contributed by atoms with Gasteiger partial charge in [-0.05, 0) is 0 Å². The Bertz CT molecular complexity index is 106. The number of rotatable bonds is 2. The number of hydrogen-bond donors (Lipinski definition) is 0. The molecular weight excluding hydrogens is 289 g/mol. The van der Waals surface area contributed by atoms with Crippen LogP contribution in [0, 0.1) is 0 Å². The average Bonchev–Trinajstić information content (AvgIpc) is 1.64. The molecule has 2 nitrogen and oxygen atoms in total. The second kappa shape index (κ2) is 3.17. The molecule has 3 heteroatoms. The van der Waals surface area contributed by atoms with E-state index in [1.54, 1.807) is 0 Å². The van der Waals surface area contributed by atoms with Gasteiger partial charge in [-0.25, -0.2) is 0 Å². The summed E-state index contributed by atoms with van der Waals surface area (Å²) in [6, 6.07) is 0. The predicted octanol–water partition coefficient (Wildman–Crippen LogP) is 0.500. The second-order valence-electron chi connectivity index (χ2n) is 1.54. The first-order chi connectivity index (χ1) is 3.55. The van der Waals surface area contributed by atoms with E-state index in [2.05, 4.69) is 0 Å². The van der Waals surface area contributed by atoms with Crippen LogP contribution in [-0.2, 0) is 30.7 Å². The van der Waals surface area contributed by atoms with Gasteiger partial charge in [-0.15, -0.1) is 0 Å². The van der Waals surface area contributed by atoms with E-state index in [4.69, 9.17) is 0 Å². The molecule has 0 saturated heterocycles. The zero-order chi connectivity index (χ0) is 6.73. The van der Waals surface area contributed by atoms with Crippen molar-refractivity contribution in [2.24, 2.45) is 0 Å².